The number of nitriles is 1. The first kappa shape index (κ1) is 19.2. The number of fused-ring (bicyclic) bond motifs is 1. The van der Waals surface area contributed by atoms with Crippen LogP contribution in [0.3, 0.4) is 0 Å². The summed E-state index contributed by atoms with van der Waals surface area (Å²) in [7, 11) is 1.62. The van der Waals surface area contributed by atoms with Gasteiger partial charge < -0.3 is 14.6 Å². The quantitative estimate of drug-likeness (QED) is 0.506. The van der Waals surface area contributed by atoms with Crippen molar-refractivity contribution in [3.05, 3.63) is 59.7 Å². The van der Waals surface area contributed by atoms with E-state index in [1.54, 1.807) is 18.1 Å². The first-order chi connectivity index (χ1) is 13.6. The molecule has 1 amide bonds. The van der Waals surface area contributed by atoms with Crippen molar-refractivity contribution in [1.29, 1.82) is 5.26 Å². The molecule has 0 fully saturated rings. The number of rotatable bonds is 6. The fourth-order valence-electron chi connectivity index (χ4n) is 3.33. The van der Waals surface area contributed by atoms with Crippen LogP contribution in [0.2, 0.25) is 0 Å². The van der Waals surface area contributed by atoms with Gasteiger partial charge in [0.05, 0.1) is 18.3 Å². The summed E-state index contributed by atoms with van der Waals surface area (Å²) < 4.78 is 5.49. The lowest BCUT2D eigenvalue weighted by atomic mass is 10.0. The molecule has 142 valence electrons. The molecule has 0 spiro atoms. The van der Waals surface area contributed by atoms with Gasteiger partial charge in [0.15, 0.2) is 0 Å². The van der Waals surface area contributed by atoms with Crippen LogP contribution in [0.15, 0.2) is 54.1 Å². The van der Waals surface area contributed by atoms with Gasteiger partial charge in [-0.05, 0) is 31.6 Å². The van der Waals surface area contributed by atoms with E-state index in [9.17, 15) is 10.1 Å². The minimum atomic E-state index is -0.260. The van der Waals surface area contributed by atoms with Gasteiger partial charge in [0, 0.05) is 24.0 Å². The van der Waals surface area contributed by atoms with E-state index >= 15 is 0 Å². The lowest BCUT2D eigenvalue weighted by molar-refractivity contribution is -0.126. The van der Waals surface area contributed by atoms with Gasteiger partial charge in [-0.15, -0.1) is 0 Å². The van der Waals surface area contributed by atoms with Gasteiger partial charge in [-0.3, -0.25) is 4.79 Å². The maximum Gasteiger partial charge on any atom is 0.264 e. The topological polar surface area (TPSA) is 69.1 Å². The van der Waals surface area contributed by atoms with Crippen LogP contribution in [0.25, 0.3) is 28.2 Å². The van der Waals surface area contributed by atoms with E-state index in [1.807, 2.05) is 62.4 Å². The minimum Gasteiger partial charge on any atom is -0.495 e. The number of nitrogens with zero attached hydrogens (tertiary/aromatic N) is 2. The van der Waals surface area contributed by atoms with E-state index in [4.69, 9.17) is 4.74 Å². The molecule has 1 heterocycles. The Morgan fingerprint density at radius 1 is 1.14 bits per heavy atom. The molecule has 1 aromatic heterocycles. The van der Waals surface area contributed by atoms with Crippen molar-refractivity contribution >= 4 is 22.9 Å². The maximum absolute atomic E-state index is 12.8. The molecule has 0 atom stereocenters. The van der Waals surface area contributed by atoms with E-state index in [-0.39, 0.29) is 11.5 Å². The van der Waals surface area contributed by atoms with Gasteiger partial charge in [-0.1, -0.05) is 42.5 Å². The smallest absolute Gasteiger partial charge is 0.264 e. The zero-order valence-electron chi connectivity index (χ0n) is 16.3. The monoisotopic (exact) mass is 373 g/mol. The van der Waals surface area contributed by atoms with Crippen LogP contribution in [0.5, 0.6) is 5.75 Å². The summed E-state index contributed by atoms with van der Waals surface area (Å²) in [5, 5.41) is 10.6. The van der Waals surface area contributed by atoms with Crippen LogP contribution >= 0.6 is 0 Å². The first-order valence-corrected chi connectivity index (χ1v) is 9.29. The number of ether oxygens (including phenoxy) is 1. The molecule has 0 aliphatic rings. The van der Waals surface area contributed by atoms with Gasteiger partial charge in [0.25, 0.3) is 5.91 Å². The number of aromatic amines is 1. The Labute approximate surface area is 164 Å². The van der Waals surface area contributed by atoms with Crippen molar-refractivity contribution in [2.45, 2.75) is 13.8 Å². The van der Waals surface area contributed by atoms with E-state index in [0.29, 0.717) is 18.8 Å². The summed E-state index contributed by atoms with van der Waals surface area (Å²) in [5.74, 6) is 0.451. The van der Waals surface area contributed by atoms with E-state index in [1.165, 1.54) is 0 Å². The maximum atomic E-state index is 12.8. The molecule has 2 aromatic carbocycles. The van der Waals surface area contributed by atoms with Crippen molar-refractivity contribution < 1.29 is 9.53 Å². The Morgan fingerprint density at radius 2 is 1.86 bits per heavy atom. The summed E-state index contributed by atoms with van der Waals surface area (Å²) >= 11 is 0. The number of benzene rings is 2. The average molecular weight is 373 g/mol. The Balaban J connectivity index is 2.26. The highest BCUT2D eigenvalue weighted by Gasteiger charge is 2.19. The second-order valence-electron chi connectivity index (χ2n) is 6.31. The molecular formula is C23H23N3O2. The third-order valence-electron chi connectivity index (χ3n) is 4.81. The molecule has 0 saturated heterocycles. The van der Waals surface area contributed by atoms with E-state index in [2.05, 4.69) is 11.1 Å². The number of para-hydroxylation sites is 1. The minimum absolute atomic E-state index is 0.115. The number of carbonyl (C=O) groups excluding carboxylic acids is 1. The SMILES string of the molecule is CCN(CC)C(=O)/C(C#N)=C/c1c(-c2ccccc2)[nH]c2c(OC)cccc12. The number of hydrogen-bond acceptors (Lipinski definition) is 3. The molecule has 3 aromatic rings. The normalized spacial score (nSPS) is 11.3. The highest BCUT2D eigenvalue weighted by molar-refractivity contribution is 6.07. The molecular weight excluding hydrogens is 350 g/mol. The molecule has 5 heteroatoms. The molecule has 0 saturated carbocycles. The Bertz CT molecular complexity index is 1050. The third-order valence-corrected chi connectivity index (χ3v) is 4.81. The fourth-order valence-corrected chi connectivity index (χ4v) is 3.33. The highest BCUT2D eigenvalue weighted by atomic mass is 16.5. The summed E-state index contributed by atoms with van der Waals surface area (Å²) in [6, 6.07) is 17.7. The predicted molar refractivity (Wildman–Crippen MR) is 112 cm³/mol. The number of likely N-dealkylation sites (N-methyl/N-ethyl adjacent to an activating group) is 1. The molecule has 5 nitrogen and oxygen atoms in total. The Hall–Kier alpha value is -3.52. The van der Waals surface area contributed by atoms with E-state index in [0.717, 1.165) is 27.7 Å². The van der Waals surface area contributed by atoms with Crippen LogP contribution in [0, 0.1) is 11.3 Å². The van der Waals surface area contributed by atoms with Gasteiger partial charge in [-0.2, -0.15) is 5.26 Å². The largest absolute Gasteiger partial charge is 0.495 e. The average Bonchev–Trinajstić information content (AvgIpc) is 3.11. The third kappa shape index (κ3) is 3.49. The van der Waals surface area contributed by atoms with Crippen molar-refractivity contribution in [1.82, 2.24) is 9.88 Å². The van der Waals surface area contributed by atoms with Crippen LogP contribution in [-0.2, 0) is 4.79 Å². The number of aromatic nitrogens is 1. The first-order valence-electron chi connectivity index (χ1n) is 9.29. The fraction of sp³-hybridized carbons (Fsp3) is 0.217. The summed E-state index contributed by atoms with van der Waals surface area (Å²) in [6.07, 6.45) is 1.68. The zero-order chi connectivity index (χ0) is 20.1. The lowest BCUT2D eigenvalue weighted by Gasteiger charge is -2.17. The molecule has 0 radical (unpaired) electrons. The lowest BCUT2D eigenvalue weighted by Crippen LogP contribution is -2.31. The summed E-state index contributed by atoms with van der Waals surface area (Å²) in [5.41, 5.74) is 3.57. The van der Waals surface area contributed by atoms with Gasteiger partial charge in [0.2, 0.25) is 0 Å². The second kappa shape index (κ2) is 8.45. The Kier molecular flexibility index (Phi) is 5.81. The van der Waals surface area contributed by atoms with Crippen molar-refractivity contribution in [2.75, 3.05) is 20.2 Å². The number of H-pyrrole nitrogens is 1. The van der Waals surface area contributed by atoms with Gasteiger partial charge in [-0.25, -0.2) is 0 Å². The molecule has 3 rings (SSSR count). The zero-order valence-corrected chi connectivity index (χ0v) is 16.3. The highest BCUT2D eigenvalue weighted by Crippen LogP contribution is 2.36. The summed E-state index contributed by atoms with van der Waals surface area (Å²) in [6.45, 7) is 4.92. The molecule has 1 N–H and O–H groups in total. The molecule has 28 heavy (non-hydrogen) atoms. The van der Waals surface area contributed by atoms with Crippen molar-refractivity contribution in [3.63, 3.8) is 0 Å². The number of nitrogens with one attached hydrogen (secondary N) is 1. The Morgan fingerprint density at radius 3 is 2.46 bits per heavy atom. The van der Waals surface area contributed by atoms with Gasteiger partial charge in [0.1, 0.15) is 17.4 Å². The van der Waals surface area contributed by atoms with E-state index < -0.39 is 0 Å². The number of hydrogen-bond donors (Lipinski definition) is 1. The van der Waals surface area contributed by atoms with Crippen molar-refractivity contribution in [2.24, 2.45) is 0 Å². The van der Waals surface area contributed by atoms with Crippen molar-refractivity contribution in [3.8, 4) is 23.1 Å². The van der Waals surface area contributed by atoms with Crippen LogP contribution in [0.4, 0.5) is 0 Å². The van der Waals surface area contributed by atoms with Crippen LogP contribution < -0.4 is 4.74 Å². The second-order valence-corrected chi connectivity index (χ2v) is 6.31. The molecule has 0 bridgehead atoms. The predicted octanol–water partition coefficient (Wildman–Crippen LogP) is 4.62. The van der Waals surface area contributed by atoms with Crippen LogP contribution in [-0.4, -0.2) is 36.0 Å². The molecule has 0 aliphatic carbocycles. The number of methoxy groups -OCH3 is 1. The molecule has 0 unspecified atom stereocenters. The standard InChI is InChI=1S/C23H23N3O2/c1-4-26(5-2)23(27)17(15-24)14-19-18-12-9-13-20(28-3)22(18)25-21(19)16-10-7-6-8-11-16/h6-14,25H,4-5H2,1-3H3/b17-14+. The summed E-state index contributed by atoms with van der Waals surface area (Å²) in [4.78, 5) is 17.8. The molecule has 0 aliphatic heterocycles. The van der Waals surface area contributed by atoms with Crippen LogP contribution in [0.1, 0.15) is 19.4 Å². The van der Waals surface area contributed by atoms with Gasteiger partial charge >= 0.3 is 0 Å². The number of carbonyl (C=O) groups is 1. The number of amides is 1.